The summed E-state index contributed by atoms with van der Waals surface area (Å²) in [6.45, 7) is 2.44. The Kier molecular flexibility index (Phi) is 7.10. The SMILES string of the molecule is CCCCCn1c(=O)n(CCCc2nc(Cn3ccc(C(F)(F)F)n3)no2)c(=O)c2[nH]c(Cl)nc21. The number of alkyl halides is 3. The molecule has 188 valence electrons. The Bertz CT molecular complexity index is 1430. The highest BCUT2D eigenvalue weighted by atomic mass is 35.5. The molecule has 0 unspecified atom stereocenters. The number of nitrogens with one attached hydrogen (secondary N) is 1. The number of aromatic amines is 1. The van der Waals surface area contributed by atoms with Gasteiger partial charge in [0.1, 0.15) is 6.54 Å². The molecule has 0 spiro atoms. The summed E-state index contributed by atoms with van der Waals surface area (Å²) >= 11 is 5.94. The van der Waals surface area contributed by atoms with Gasteiger partial charge in [-0.05, 0) is 30.5 Å². The van der Waals surface area contributed by atoms with Gasteiger partial charge >= 0.3 is 11.9 Å². The quantitative estimate of drug-likeness (QED) is 0.254. The van der Waals surface area contributed by atoms with Crippen LogP contribution in [-0.2, 0) is 32.2 Å². The first kappa shape index (κ1) is 24.7. The van der Waals surface area contributed by atoms with Crippen molar-refractivity contribution < 1.29 is 17.7 Å². The molecule has 0 saturated heterocycles. The second-order valence-corrected chi connectivity index (χ2v) is 8.29. The molecule has 4 rings (SSSR count). The second-order valence-electron chi connectivity index (χ2n) is 7.93. The summed E-state index contributed by atoms with van der Waals surface area (Å²) in [5.41, 5.74) is -1.63. The van der Waals surface area contributed by atoms with Crippen molar-refractivity contribution in [1.82, 2.24) is 39.0 Å². The van der Waals surface area contributed by atoms with E-state index in [1.807, 2.05) is 6.92 Å². The highest BCUT2D eigenvalue weighted by Crippen LogP contribution is 2.27. The number of fused-ring (bicyclic) bond motifs is 1. The molecule has 0 aliphatic heterocycles. The molecule has 0 aliphatic rings. The van der Waals surface area contributed by atoms with E-state index in [4.69, 9.17) is 16.1 Å². The maximum Gasteiger partial charge on any atom is 0.435 e. The molecule has 0 amide bonds. The van der Waals surface area contributed by atoms with Crippen LogP contribution in [0.15, 0.2) is 26.4 Å². The van der Waals surface area contributed by atoms with Gasteiger partial charge in [0.25, 0.3) is 5.56 Å². The fourth-order valence-corrected chi connectivity index (χ4v) is 3.82. The molecule has 1 N–H and O–H groups in total. The number of H-pyrrole nitrogens is 1. The van der Waals surface area contributed by atoms with E-state index in [9.17, 15) is 22.8 Å². The summed E-state index contributed by atoms with van der Waals surface area (Å²) in [7, 11) is 0. The molecule has 15 heteroatoms. The molecular weight excluding hydrogens is 493 g/mol. The first-order chi connectivity index (χ1) is 16.7. The predicted octanol–water partition coefficient (Wildman–Crippen LogP) is 3.01. The third kappa shape index (κ3) is 5.47. The van der Waals surface area contributed by atoms with Crippen LogP contribution in [0.3, 0.4) is 0 Å². The molecule has 0 saturated carbocycles. The van der Waals surface area contributed by atoms with Crippen molar-refractivity contribution in [2.75, 3.05) is 0 Å². The first-order valence-corrected chi connectivity index (χ1v) is 11.4. The molecular formula is C20H22ClF3N8O3. The molecule has 35 heavy (non-hydrogen) atoms. The fourth-order valence-electron chi connectivity index (χ4n) is 3.65. The minimum atomic E-state index is -4.54. The summed E-state index contributed by atoms with van der Waals surface area (Å²) < 4.78 is 46.8. The van der Waals surface area contributed by atoms with Gasteiger partial charge in [0.2, 0.25) is 11.2 Å². The molecule has 4 aromatic rings. The Labute approximate surface area is 200 Å². The Morgan fingerprint density at radius 3 is 2.60 bits per heavy atom. The highest BCUT2D eigenvalue weighted by molar-refractivity contribution is 6.28. The maximum atomic E-state index is 13.0. The number of imidazole rings is 1. The zero-order valence-electron chi connectivity index (χ0n) is 18.7. The molecule has 0 bridgehead atoms. The lowest BCUT2D eigenvalue weighted by Gasteiger charge is -2.10. The first-order valence-electron chi connectivity index (χ1n) is 11.0. The normalized spacial score (nSPS) is 12.1. The Hall–Kier alpha value is -3.42. The van der Waals surface area contributed by atoms with E-state index < -0.39 is 23.1 Å². The van der Waals surface area contributed by atoms with Crippen molar-refractivity contribution in [3.05, 3.63) is 55.8 Å². The van der Waals surface area contributed by atoms with Gasteiger partial charge in [-0.1, -0.05) is 24.9 Å². The molecule has 0 atom stereocenters. The molecule has 0 radical (unpaired) electrons. The van der Waals surface area contributed by atoms with Crippen LogP contribution < -0.4 is 11.2 Å². The number of hydrogen-bond donors (Lipinski definition) is 1. The fraction of sp³-hybridized carbons (Fsp3) is 0.500. The Morgan fingerprint density at radius 2 is 1.89 bits per heavy atom. The predicted molar refractivity (Wildman–Crippen MR) is 118 cm³/mol. The van der Waals surface area contributed by atoms with Gasteiger partial charge in [0.15, 0.2) is 22.7 Å². The molecule has 0 aliphatic carbocycles. The van der Waals surface area contributed by atoms with Gasteiger partial charge in [-0.25, -0.2) is 4.79 Å². The van der Waals surface area contributed by atoms with Gasteiger partial charge in [-0.3, -0.25) is 18.6 Å². The van der Waals surface area contributed by atoms with Crippen LogP contribution in [0.5, 0.6) is 0 Å². The molecule has 11 nitrogen and oxygen atoms in total. The zero-order chi connectivity index (χ0) is 25.2. The van der Waals surface area contributed by atoms with E-state index in [2.05, 4.69) is 25.2 Å². The van der Waals surface area contributed by atoms with Crippen LogP contribution in [0.4, 0.5) is 13.2 Å². The summed E-state index contributed by atoms with van der Waals surface area (Å²) in [4.78, 5) is 36.8. The summed E-state index contributed by atoms with van der Waals surface area (Å²) in [5.74, 6) is 0.381. The number of aryl methyl sites for hydroxylation is 2. The van der Waals surface area contributed by atoms with Gasteiger partial charge < -0.3 is 9.51 Å². The highest BCUT2D eigenvalue weighted by Gasteiger charge is 2.33. The average molecular weight is 515 g/mol. The van der Waals surface area contributed by atoms with Crippen LogP contribution in [0, 0.1) is 0 Å². The van der Waals surface area contributed by atoms with Crippen molar-refractivity contribution in [1.29, 1.82) is 0 Å². The molecule has 4 heterocycles. The van der Waals surface area contributed by atoms with E-state index in [-0.39, 0.29) is 47.7 Å². The van der Waals surface area contributed by atoms with Crippen molar-refractivity contribution in [2.45, 2.75) is 64.8 Å². The third-order valence-electron chi connectivity index (χ3n) is 5.33. The third-order valence-corrected chi connectivity index (χ3v) is 5.51. The van der Waals surface area contributed by atoms with E-state index >= 15 is 0 Å². The number of unbranched alkanes of at least 4 members (excludes halogenated alkanes) is 2. The van der Waals surface area contributed by atoms with E-state index in [1.165, 1.54) is 10.8 Å². The summed E-state index contributed by atoms with van der Waals surface area (Å²) in [6, 6.07) is 0.859. The van der Waals surface area contributed by atoms with Crippen LogP contribution in [0.1, 0.15) is 50.0 Å². The monoisotopic (exact) mass is 514 g/mol. The minimum Gasteiger partial charge on any atom is -0.339 e. The van der Waals surface area contributed by atoms with Crippen molar-refractivity contribution >= 4 is 22.8 Å². The van der Waals surface area contributed by atoms with E-state index in [1.54, 1.807) is 0 Å². The topological polar surface area (TPSA) is 129 Å². The Balaban J connectivity index is 1.45. The number of rotatable bonds is 10. The van der Waals surface area contributed by atoms with Crippen LogP contribution in [0.25, 0.3) is 11.2 Å². The average Bonchev–Trinajstić information content (AvgIpc) is 3.53. The van der Waals surface area contributed by atoms with Crippen molar-refractivity contribution in [3.8, 4) is 0 Å². The summed E-state index contributed by atoms with van der Waals surface area (Å²) in [6.07, 6.45) is -0.142. The number of aromatic nitrogens is 8. The number of halogens is 4. The van der Waals surface area contributed by atoms with Gasteiger partial charge in [0.05, 0.1) is 0 Å². The van der Waals surface area contributed by atoms with Crippen molar-refractivity contribution in [3.63, 3.8) is 0 Å². The molecule has 0 aromatic carbocycles. The Morgan fingerprint density at radius 1 is 1.11 bits per heavy atom. The lowest BCUT2D eigenvalue weighted by molar-refractivity contribution is -0.141. The van der Waals surface area contributed by atoms with Crippen LogP contribution in [-0.4, -0.2) is 39.0 Å². The second kappa shape index (κ2) is 10.1. The van der Waals surface area contributed by atoms with Gasteiger partial charge in [0, 0.05) is 25.7 Å². The maximum absolute atomic E-state index is 13.0. The van der Waals surface area contributed by atoms with E-state index in [0.717, 1.165) is 34.6 Å². The van der Waals surface area contributed by atoms with Gasteiger partial charge in [-0.15, -0.1) is 0 Å². The number of nitrogens with zero attached hydrogens (tertiary/aromatic N) is 7. The zero-order valence-corrected chi connectivity index (χ0v) is 19.4. The largest absolute Gasteiger partial charge is 0.435 e. The van der Waals surface area contributed by atoms with Gasteiger partial charge in [-0.2, -0.15) is 28.2 Å². The van der Waals surface area contributed by atoms with Crippen LogP contribution in [0.2, 0.25) is 5.28 Å². The minimum absolute atomic E-state index is 0.0245. The number of hydrogen-bond acceptors (Lipinski definition) is 7. The van der Waals surface area contributed by atoms with Crippen molar-refractivity contribution in [2.24, 2.45) is 0 Å². The molecule has 4 aromatic heterocycles. The smallest absolute Gasteiger partial charge is 0.339 e. The van der Waals surface area contributed by atoms with E-state index in [0.29, 0.717) is 13.0 Å². The standard InChI is InChI=1S/C20H22ClF3N8O3/c1-2-3-4-8-31-16-15(26-18(21)27-16)17(33)32(19(31)34)9-5-6-14-25-13(29-35-14)11-30-10-7-12(28-30)20(22,23)24/h7,10H,2-6,8-9,11H2,1H3,(H,26,27). The lowest BCUT2D eigenvalue weighted by Crippen LogP contribution is -2.40. The lowest BCUT2D eigenvalue weighted by atomic mass is 10.2. The van der Waals surface area contributed by atoms with Crippen LogP contribution >= 0.6 is 11.6 Å². The summed E-state index contributed by atoms with van der Waals surface area (Å²) in [5, 5.41) is 7.22. The molecule has 0 fully saturated rings.